The van der Waals surface area contributed by atoms with E-state index in [2.05, 4.69) is 56.7 Å². The van der Waals surface area contributed by atoms with Crippen LogP contribution in [0.3, 0.4) is 0 Å². The van der Waals surface area contributed by atoms with Crippen LogP contribution >= 0.6 is 0 Å². The number of rotatable bonds is 17. The first-order valence-corrected chi connectivity index (χ1v) is 28.4. The minimum Gasteiger partial charge on any atom is -0.497 e. The van der Waals surface area contributed by atoms with Crippen molar-refractivity contribution in [2.45, 2.75) is 77.4 Å². The van der Waals surface area contributed by atoms with Gasteiger partial charge in [-0.2, -0.15) is 20.7 Å². The highest BCUT2D eigenvalue weighted by Crippen LogP contribution is 2.37. The second-order valence-electron chi connectivity index (χ2n) is 20.0. The largest absolute Gasteiger partial charge is 0.497 e. The first-order valence-electron chi connectivity index (χ1n) is 28.4. The molecule has 1 saturated heterocycles. The zero-order chi connectivity index (χ0) is 60.9. The molecule has 1 aliphatic carbocycles. The molecule has 9 aromatic rings. The normalized spacial score (nSPS) is 13.6. The third-order valence-electron chi connectivity index (χ3n) is 14.0. The summed E-state index contributed by atoms with van der Waals surface area (Å²) in [5.41, 5.74) is 4.02. The standard InChI is InChI=1S/C33H31N7O3.C27H27N9O3.C3H5NO/c1-42-26-11-7-22(8-12-26)21-40-32-30(31(39-40)37-25-5-3-2-4-6-25)28(16-18-36-32)43-27-13-9-24(10-14-27)33(41)38-29-19-23(20-34)15-17-35-29;1-2-29-27(38)36-13-3-4-19(16-36)32-25-23-21(10-12-31-24(23)34-35-25)39-20-7-5-18(6-8-20)26(37)33-22-14-17(15-28)9-11-30-22;1-2-4-3-5/h7-19,25H,2-6,21H2,1H3,(H,37,39)(H,35,38,41);5-12,14,19H,2-4,13,16H2,1H3,(H,29,38)(H,30,33,37)(H2,31,32,34,35);2H2,1H3/t;19-;/m.1./s1. The highest BCUT2D eigenvalue weighted by atomic mass is 16.5. The number of pyridine rings is 4. The molecule has 1 atom stereocenters. The van der Waals surface area contributed by atoms with Gasteiger partial charge in [0.15, 0.2) is 22.9 Å². The van der Waals surface area contributed by atoms with Gasteiger partial charge in [-0.15, -0.1) is 0 Å². The lowest BCUT2D eigenvalue weighted by molar-refractivity contribution is 0.101. The van der Waals surface area contributed by atoms with Crippen molar-refractivity contribution in [1.29, 1.82) is 10.5 Å². The lowest BCUT2D eigenvalue weighted by Crippen LogP contribution is -2.49. The summed E-state index contributed by atoms with van der Waals surface area (Å²) >= 11 is 0. The monoisotopic (exact) mass is 1170 g/mol. The van der Waals surface area contributed by atoms with Gasteiger partial charge in [0.05, 0.1) is 36.9 Å². The summed E-state index contributed by atoms with van der Waals surface area (Å²) in [5.74, 6) is 4.33. The molecule has 7 heterocycles. The number of methoxy groups -OCH3 is 1. The zero-order valence-electron chi connectivity index (χ0n) is 48.1. The number of benzene rings is 3. The number of nitrogens with one attached hydrogen (secondary N) is 6. The molecule has 24 nitrogen and oxygen atoms in total. The molecule has 6 aromatic heterocycles. The SMILES string of the molecule is CCN=C=O.CCNC(=O)N1CCC[C@@H](Nc2n[nH]c3nccc(Oc4ccc(C(=O)Nc5cc(C#N)ccn5)cc4)c23)C1.COc1ccc(Cn2nc(NC3CCCCC3)c3c(Oc4ccc(C(=O)Nc5cc(C#N)ccn5)cc4)ccnc32)cc1. The van der Waals surface area contributed by atoms with Crippen molar-refractivity contribution in [1.82, 2.24) is 50.1 Å². The Bertz CT molecular complexity index is 3960. The third kappa shape index (κ3) is 16.1. The van der Waals surface area contributed by atoms with Crippen molar-refractivity contribution in [2.75, 3.05) is 54.6 Å². The van der Waals surface area contributed by atoms with Crippen LogP contribution in [0.2, 0.25) is 0 Å². The van der Waals surface area contributed by atoms with E-state index in [-0.39, 0.29) is 23.9 Å². The van der Waals surface area contributed by atoms with Gasteiger partial charge in [0, 0.05) is 86.3 Å². The fourth-order valence-electron chi connectivity index (χ4n) is 9.74. The fourth-order valence-corrected chi connectivity index (χ4v) is 9.74. The molecule has 6 N–H and O–H groups in total. The van der Waals surface area contributed by atoms with Crippen molar-refractivity contribution in [2.24, 2.45) is 4.99 Å². The number of nitrogens with zero attached hydrogens (tertiary/aromatic N) is 11. The minimum atomic E-state index is -0.356. The first-order chi connectivity index (χ1) is 42.5. The van der Waals surface area contributed by atoms with Gasteiger partial charge in [0.2, 0.25) is 6.08 Å². The van der Waals surface area contributed by atoms with E-state index < -0.39 is 0 Å². The highest BCUT2D eigenvalue weighted by Gasteiger charge is 2.26. The summed E-state index contributed by atoms with van der Waals surface area (Å²) in [6, 6.07) is 35.6. The van der Waals surface area contributed by atoms with Crippen LogP contribution in [-0.2, 0) is 11.3 Å². The summed E-state index contributed by atoms with van der Waals surface area (Å²) in [4.78, 5) is 69.0. The summed E-state index contributed by atoms with van der Waals surface area (Å²) in [6.07, 6.45) is 15.3. The Balaban J connectivity index is 0.000000193. The number of carbonyl (C=O) groups excluding carboxylic acids is 4. The number of carbonyl (C=O) groups is 3. The minimum absolute atomic E-state index is 0.0297. The second-order valence-corrected chi connectivity index (χ2v) is 20.0. The van der Waals surface area contributed by atoms with Gasteiger partial charge >= 0.3 is 6.03 Å². The molecule has 24 heteroatoms. The van der Waals surface area contributed by atoms with E-state index in [1.54, 1.807) is 93.2 Å². The van der Waals surface area contributed by atoms with Gasteiger partial charge in [-0.3, -0.25) is 14.7 Å². The maximum Gasteiger partial charge on any atom is 0.317 e. The Kier molecular flexibility index (Phi) is 20.7. The number of amides is 4. The van der Waals surface area contributed by atoms with Gasteiger partial charge in [0.25, 0.3) is 11.8 Å². The third-order valence-corrected chi connectivity index (χ3v) is 14.0. The van der Waals surface area contributed by atoms with Crippen molar-refractivity contribution in [3.05, 3.63) is 162 Å². The molecule has 442 valence electrons. The number of anilines is 4. The average Bonchev–Trinajstić information content (AvgIpc) is 3.90. The molecule has 1 aliphatic heterocycles. The quantitative estimate of drug-likeness (QED) is 0.0364. The highest BCUT2D eigenvalue weighted by molar-refractivity contribution is 6.04. The van der Waals surface area contributed by atoms with Gasteiger partial charge < -0.3 is 45.7 Å². The van der Waals surface area contributed by atoms with Crippen LogP contribution in [-0.4, -0.2) is 114 Å². The average molecular weight is 1170 g/mol. The zero-order valence-corrected chi connectivity index (χ0v) is 48.1. The lowest BCUT2D eigenvalue weighted by atomic mass is 9.95. The van der Waals surface area contributed by atoms with E-state index in [1.165, 1.54) is 49.9 Å². The molecular formula is C63H63N17O7. The molecular weight excluding hydrogens is 1110 g/mol. The van der Waals surface area contributed by atoms with Gasteiger partial charge in [-0.1, -0.05) is 31.4 Å². The number of H-pyrrole nitrogens is 1. The van der Waals surface area contributed by atoms with E-state index in [9.17, 15) is 14.4 Å². The van der Waals surface area contributed by atoms with E-state index in [1.807, 2.05) is 59.0 Å². The van der Waals surface area contributed by atoms with Crippen LogP contribution in [0.5, 0.6) is 28.7 Å². The molecule has 2 fully saturated rings. The Labute approximate surface area is 501 Å². The van der Waals surface area contributed by atoms with Crippen molar-refractivity contribution < 1.29 is 33.4 Å². The van der Waals surface area contributed by atoms with E-state index >= 15 is 0 Å². The van der Waals surface area contributed by atoms with Crippen molar-refractivity contribution in [3.63, 3.8) is 0 Å². The molecule has 87 heavy (non-hydrogen) atoms. The van der Waals surface area contributed by atoms with E-state index in [4.69, 9.17) is 39.6 Å². The van der Waals surface area contributed by atoms with Gasteiger partial charge in [-0.25, -0.2) is 39.2 Å². The maximum atomic E-state index is 12.8. The Hall–Kier alpha value is -11.2. The number of ether oxygens (including phenoxy) is 3. The van der Waals surface area contributed by atoms with E-state index in [0.29, 0.717) is 106 Å². The predicted molar refractivity (Wildman–Crippen MR) is 327 cm³/mol. The number of aromatic amines is 1. The van der Waals surface area contributed by atoms with Gasteiger partial charge in [0.1, 0.15) is 51.2 Å². The van der Waals surface area contributed by atoms with Crippen LogP contribution in [0.25, 0.3) is 22.1 Å². The Morgan fingerprint density at radius 1 is 0.667 bits per heavy atom. The summed E-state index contributed by atoms with van der Waals surface area (Å²) in [6.45, 7) is 6.64. The Morgan fingerprint density at radius 3 is 1.79 bits per heavy atom. The summed E-state index contributed by atoms with van der Waals surface area (Å²) < 4.78 is 19.7. The number of aromatic nitrogens is 8. The van der Waals surface area contributed by atoms with Crippen LogP contribution in [0.4, 0.5) is 28.1 Å². The van der Waals surface area contributed by atoms with Crippen LogP contribution in [0.15, 0.2) is 139 Å². The second kappa shape index (κ2) is 29.8. The maximum absolute atomic E-state index is 12.8. The number of hydrogen-bond donors (Lipinski definition) is 6. The number of likely N-dealkylation sites (tertiary alicyclic amines) is 1. The molecule has 0 unspecified atom stereocenters. The number of isocyanates is 1. The predicted octanol–water partition coefficient (Wildman–Crippen LogP) is 10.8. The number of urea groups is 1. The van der Waals surface area contributed by atoms with Crippen molar-refractivity contribution in [3.8, 4) is 40.9 Å². The van der Waals surface area contributed by atoms with Gasteiger partial charge in [-0.05, 0) is 130 Å². The molecule has 0 spiro atoms. The Morgan fingerprint density at radius 2 is 1.23 bits per heavy atom. The lowest BCUT2D eigenvalue weighted by Gasteiger charge is -2.33. The fraction of sp³-hybridized carbons (Fsp3) is 0.270. The molecule has 4 amide bonds. The number of fused-ring (bicyclic) bond motifs is 2. The topological polar surface area (TPSA) is 317 Å². The number of nitriles is 2. The molecule has 2 aliphatic rings. The first kappa shape index (κ1) is 60.4. The molecule has 3 aromatic carbocycles. The van der Waals surface area contributed by atoms with Crippen LogP contribution in [0, 0.1) is 22.7 Å². The number of piperidine rings is 1. The molecule has 11 rings (SSSR count). The van der Waals surface area contributed by atoms with Crippen LogP contribution in [0.1, 0.15) is 96.2 Å². The smallest absolute Gasteiger partial charge is 0.317 e. The summed E-state index contributed by atoms with van der Waals surface area (Å²) in [7, 11) is 1.65. The molecule has 0 radical (unpaired) electrons. The van der Waals surface area contributed by atoms with Crippen molar-refractivity contribution >= 4 is 69.3 Å². The molecule has 0 bridgehead atoms. The summed E-state index contributed by atoms with van der Waals surface area (Å²) in [5, 5.41) is 47.3. The number of aliphatic imine (C=N–C) groups is 1. The van der Waals surface area contributed by atoms with E-state index in [0.717, 1.165) is 60.4 Å². The number of hydrogen-bond acceptors (Lipinski definition) is 18. The van der Waals surface area contributed by atoms with Crippen LogP contribution < -0.4 is 40.8 Å². The molecule has 1 saturated carbocycles.